The summed E-state index contributed by atoms with van der Waals surface area (Å²) >= 11 is 0. The quantitative estimate of drug-likeness (QED) is 0.266. The van der Waals surface area contributed by atoms with Gasteiger partial charge in [0.2, 0.25) is 12.2 Å². The zero-order valence-electron chi connectivity index (χ0n) is 18.9. The molecule has 0 bridgehead atoms. The molecule has 3 aromatic carbocycles. The number of hydrogen-bond acceptors (Lipinski definition) is 5. The minimum Gasteiger partial charge on any atom is -0.399 e. The van der Waals surface area contributed by atoms with Crippen LogP contribution in [0.2, 0.25) is 0 Å². The molecule has 5 heteroatoms. The Bertz CT molecular complexity index is 786. The van der Waals surface area contributed by atoms with Crippen molar-refractivity contribution >= 4 is 29.2 Å². The predicted octanol–water partition coefficient (Wildman–Crippen LogP) is 7.41. The Morgan fingerprint density at radius 1 is 0.581 bits per heavy atom. The maximum Gasteiger partial charge on any atom is 0.240 e. The van der Waals surface area contributed by atoms with Gasteiger partial charge in [0.1, 0.15) is 0 Å². The number of nitrogens with zero attached hydrogens (tertiary/aromatic N) is 2. The Morgan fingerprint density at radius 2 is 0.839 bits per heavy atom. The van der Waals surface area contributed by atoms with Crippen LogP contribution in [-0.4, -0.2) is 12.2 Å². The largest absolute Gasteiger partial charge is 0.399 e. The summed E-state index contributed by atoms with van der Waals surface area (Å²) in [6, 6.07) is 27.4. The van der Waals surface area contributed by atoms with Crippen molar-refractivity contribution in [2.75, 3.05) is 5.73 Å². The van der Waals surface area contributed by atoms with Crippen LogP contribution in [0, 0.1) is 0 Å². The molecule has 3 aromatic rings. The van der Waals surface area contributed by atoms with Gasteiger partial charge in [0, 0.05) is 5.69 Å². The van der Waals surface area contributed by atoms with Crippen LogP contribution in [0.4, 0.5) is 17.1 Å². The van der Waals surface area contributed by atoms with Gasteiger partial charge in [-0.1, -0.05) is 95.1 Å². The minimum absolute atomic E-state index is 0.646. The third-order valence-electron chi connectivity index (χ3n) is 2.66. The highest BCUT2D eigenvalue weighted by molar-refractivity contribution is 5.48. The molecule has 0 saturated heterocycles. The Labute approximate surface area is 186 Å². The predicted molar refractivity (Wildman–Crippen MR) is 131 cm³/mol. The summed E-state index contributed by atoms with van der Waals surface area (Å²) in [5, 5.41) is 0. The van der Waals surface area contributed by atoms with Crippen molar-refractivity contribution in [1.29, 1.82) is 0 Å². The highest BCUT2D eigenvalue weighted by Crippen LogP contribution is 2.07. The van der Waals surface area contributed by atoms with Crippen LogP contribution < -0.4 is 5.73 Å². The minimum atomic E-state index is 0.646. The monoisotopic (exact) mass is 419 g/mol. The number of carbonyl (C=O) groups excluding carboxylic acids is 2. The van der Waals surface area contributed by atoms with E-state index in [2.05, 4.69) is 37.7 Å². The molecule has 3 rings (SSSR count). The summed E-state index contributed by atoms with van der Waals surface area (Å²) in [7, 11) is 0. The number of rotatable bonds is 2. The Hall–Kier alpha value is -3.78. The topological polar surface area (TPSA) is 84.9 Å². The molecular formula is C26H33N3O2. The van der Waals surface area contributed by atoms with Gasteiger partial charge in [-0.25, -0.2) is 9.59 Å². The van der Waals surface area contributed by atoms with Crippen molar-refractivity contribution < 1.29 is 9.59 Å². The van der Waals surface area contributed by atoms with Crippen LogP contribution >= 0.6 is 0 Å². The molecule has 0 spiro atoms. The van der Waals surface area contributed by atoms with Crippen molar-refractivity contribution in [2.24, 2.45) is 9.98 Å². The van der Waals surface area contributed by atoms with Crippen LogP contribution in [0.3, 0.4) is 0 Å². The fourth-order valence-corrected chi connectivity index (χ4v) is 1.56. The van der Waals surface area contributed by atoms with Crippen molar-refractivity contribution in [3.05, 3.63) is 91.0 Å². The van der Waals surface area contributed by atoms with Crippen molar-refractivity contribution in [1.82, 2.24) is 0 Å². The number of nitrogens with two attached hydrogens (primary N) is 1. The van der Waals surface area contributed by atoms with Gasteiger partial charge in [-0.2, -0.15) is 9.98 Å². The van der Waals surface area contributed by atoms with Gasteiger partial charge in [-0.05, 0) is 36.4 Å². The van der Waals surface area contributed by atoms with E-state index < -0.39 is 0 Å². The first kappa shape index (κ1) is 29.4. The molecule has 5 nitrogen and oxygen atoms in total. The van der Waals surface area contributed by atoms with E-state index >= 15 is 0 Å². The second-order valence-corrected chi connectivity index (χ2v) is 5.90. The second-order valence-electron chi connectivity index (χ2n) is 5.90. The van der Waals surface area contributed by atoms with Crippen LogP contribution in [0.1, 0.15) is 40.5 Å². The van der Waals surface area contributed by atoms with E-state index in [0.29, 0.717) is 11.4 Å². The van der Waals surface area contributed by atoms with Crippen molar-refractivity contribution in [3.63, 3.8) is 0 Å². The number of aliphatic imine (C=N–C) groups is 2. The van der Waals surface area contributed by atoms with Gasteiger partial charge in [-0.15, -0.1) is 0 Å². The highest BCUT2D eigenvalue weighted by Gasteiger charge is 1.80. The number of isocyanates is 2. The normalized spacial score (nSPS) is 7.74. The summed E-state index contributed by atoms with van der Waals surface area (Å²) in [6.45, 7) is 8.50. The second kappa shape index (κ2) is 24.3. The average molecular weight is 420 g/mol. The van der Waals surface area contributed by atoms with E-state index in [9.17, 15) is 9.59 Å². The van der Waals surface area contributed by atoms with Gasteiger partial charge in [-0.3, -0.25) is 0 Å². The molecular weight excluding hydrogens is 386 g/mol. The van der Waals surface area contributed by atoms with Crippen LogP contribution in [0.25, 0.3) is 0 Å². The summed E-state index contributed by atoms with van der Waals surface area (Å²) < 4.78 is 0. The summed E-state index contributed by atoms with van der Waals surface area (Å²) in [5.41, 5.74) is 7.47. The SMILES string of the molecule is CCC.CCC.Nc1ccccc1.O=C=Nc1ccccc1.O=C=Nc1ccccc1. The molecule has 0 amide bonds. The fraction of sp³-hybridized carbons (Fsp3) is 0.231. The van der Waals surface area contributed by atoms with Gasteiger partial charge in [0.15, 0.2) is 0 Å². The zero-order chi connectivity index (χ0) is 23.6. The summed E-state index contributed by atoms with van der Waals surface area (Å²) in [6.07, 6.45) is 5.42. The smallest absolute Gasteiger partial charge is 0.240 e. The molecule has 0 aliphatic heterocycles. The van der Waals surface area contributed by atoms with E-state index in [1.165, 1.54) is 25.0 Å². The van der Waals surface area contributed by atoms with Crippen molar-refractivity contribution in [3.8, 4) is 0 Å². The standard InChI is InChI=1S/2C7H5NO.C6H7N.2C3H8/c2*9-6-8-7-4-2-1-3-5-7;7-6-4-2-1-3-5-6;2*1-3-2/h2*1-5H;1-5H,7H2;2*3H2,1-2H3. The van der Waals surface area contributed by atoms with E-state index in [1.54, 1.807) is 24.3 Å². The average Bonchev–Trinajstić information content (AvgIpc) is 2.78. The first-order chi connectivity index (χ1) is 15.1. The van der Waals surface area contributed by atoms with Gasteiger partial charge < -0.3 is 5.73 Å². The first-order valence-electron chi connectivity index (χ1n) is 10.2. The van der Waals surface area contributed by atoms with Crippen LogP contribution in [0.5, 0.6) is 0 Å². The lowest BCUT2D eigenvalue weighted by Crippen LogP contribution is -1.79. The Morgan fingerprint density at radius 3 is 1.03 bits per heavy atom. The third-order valence-corrected chi connectivity index (χ3v) is 2.66. The number of nitrogen functional groups attached to an aromatic ring is 1. The number of anilines is 1. The lowest BCUT2D eigenvalue weighted by atomic mass is 10.3. The first-order valence-corrected chi connectivity index (χ1v) is 10.2. The molecule has 0 atom stereocenters. The molecule has 0 fully saturated rings. The number of hydrogen-bond donors (Lipinski definition) is 1. The lowest BCUT2D eigenvalue weighted by Gasteiger charge is -1.83. The maximum atomic E-state index is 9.68. The third kappa shape index (κ3) is 22.4. The zero-order valence-corrected chi connectivity index (χ0v) is 18.9. The van der Waals surface area contributed by atoms with Crippen LogP contribution in [-0.2, 0) is 9.59 Å². The summed E-state index contributed by atoms with van der Waals surface area (Å²) in [5.74, 6) is 0. The molecule has 0 aliphatic rings. The molecule has 0 heterocycles. The Kier molecular flexibility index (Phi) is 23.0. The van der Waals surface area contributed by atoms with Crippen LogP contribution in [0.15, 0.2) is 101 Å². The van der Waals surface area contributed by atoms with E-state index in [4.69, 9.17) is 5.73 Å². The van der Waals surface area contributed by atoms with E-state index in [-0.39, 0.29) is 0 Å². The molecule has 0 saturated carbocycles. The molecule has 0 aromatic heterocycles. The van der Waals surface area contributed by atoms with E-state index in [0.717, 1.165) is 5.69 Å². The van der Waals surface area contributed by atoms with Gasteiger partial charge in [0.25, 0.3) is 0 Å². The van der Waals surface area contributed by atoms with Gasteiger partial charge >= 0.3 is 0 Å². The molecule has 0 radical (unpaired) electrons. The van der Waals surface area contributed by atoms with Crippen molar-refractivity contribution in [2.45, 2.75) is 40.5 Å². The maximum absolute atomic E-state index is 9.68. The molecule has 0 aliphatic carbocycles. The number of benzene rings is 3. The highest BCUT2D eigenvalue weighted by atomic mass is 16.1. The molecule has 2 N–H and O–H groups in total. The molecule has 31 heavy (non-hydrogen) atoms. The Balaban J connectivity index is 0. The summed E-state index contributed by atoms with van der Waals surface area (Å²) in [4.78, 5) is 26.2. The molecule has 0 unspecified atom stereocenters. The van der Waals surface area contributed by atoms with E-state index in [1.807, 2.05) is 66.7 Å². The number of para-hydroxylation sites is 3. The molecule has 164 valence electrons. The van der Waals surface area contributed by atoms with Gasteiger partial charge in [0.05, 0.1) is 11.4 Å². The lowest BCUT2D eigenvalue weighted by molar-refractivity contribution is 0.564. The fourth-order valence-electron chi connectivity index (χ4n) is 1.56.